The van der Waals surface area contributed by atoms with Gasteiger partial charge in [0.05, 0.1) is 19.0 Å². The summed E-state index contributed by atoms with van der Waals surface area (Å²) in [4.78, 5) is 29.1. The third-order valence-electron chi connectivity index (χ3n) is 4.36. The van der Waals surface area contributed by atoms with Gasteiger partial charge in [-0.25, -0.2) is 14.5 Å². The van der Waals surface area contributed by atoms with Crippen molar-refractivity contribution < 1.29 is 14.3 Å². The van der Waals surface area contributed by atoms with E-state index in [0.717, 1.165) is 17.7 Å². The molecule has 0 aliphatic heterocycles. The van der Waals surface area contributed by atoms with Gasteiger partial charge in [0.15, 0.2) is 0 Å². The third-order valence-corrected chi connectivity index (χ3v) is 5.25. The van der Waals surface area contributed by atoms with E-state index in [9.17, 15) is 9.59 Å². The molecular formula is C20H22N4O3S. The van der Waals surface area contributed by atoms with Crippen molar-refractivity contribution in [3.8, 4) is 16.3 Å². The molecular weight excluding hydrogens is 376 g/mol. The predicted molar refractivity (Wildman–Crippen MR) is 107 cm³/mol. The summed E-state index contributed by atoms with van der Waals surface area (Å²) in [6.45, 7) is 3.61. The minimum Gasteiger partial charge on any atom is -0.467 e. The summed E-state index contributed by atoms with van der Waals surface area (Å²) in [6.07, 6.45) is 4.79. The number of para-hydroxylation sites is 1. The van der Waals surface area contributed by atoms with Crippen LogP contribution < -0.4 is 5.32 Å². The lowest BCUT2D eigenvalue weighted by molar-refractivity contribution is -0.147. The summed E-state index contributed by atoms with van der Waals surface area (Å²) in [6, 6.07) is 9.74. The first kappa shape index (κ1) is 19.8. The van der Waals surface area contributed by atoms with Gasteiger partial charge in [0, 0.05) is 17.1 Å². The Hall–Kier alpha value is -3.00. The van der Waals surface area contributed by atoms with E-state index in [2.05, 4.69) is 15.4 Å². The molecule has 1 aromatic carbocycles. The molecule has 0 fully saturated rings. The molecule has 0 bridgehead atoms. The maximum absolute atomic E-state index is 12.6. The van der Waals surface area contributed by atoms with Crippen molar-refractivity contribution in [2.24, 2.45) is 0 Å². The molecule has 1 N–H and O–H groups in total. The number of benzene rings is 1. The van der Waals surface area contributed by atoms with E-state index < -0.39 is 17.4 Å². The molecule has 8 heteroatoms. The molecule has 3 aromatic rings. The van der Waals surface area contributed by atoms with Crippen molar-refractivity contribution in [2.75, 3.05) is 7.11 Å². The van der Waals surface area contributed by atoms with Crippen LogP contribution >= 0.6 is 11.3 Å². The van der Waals surface area contributed by atoms with Crippen LogP contribution in [-0.2, 0) is 9.53 Å². The highest BCUT2D eigenvalue weighted by molar-refractivity contribution is 7.13. The van der Waals surface area contributed by atoms with Gasteiger partial charge >= 0.3 is 5.97 Å². The summed E-state index contributed by atoms with van der Waals surface area (Å²) in [5.74, 6) is -0.874. The molecule has 0 saturated carbocycles. The average molecular weight is 398 g/mol. The van der Waals surface area contributed by atoms with Crippen LogP contribution in [0.25, 0.3) is 16.3 Å². The highest BCUT2D eigenvalue weighted by atomic mass is 32.1. The number of rotatable bonds is 7. The van der Waals surface area contributed by atoms with Crippen LogP contribution in [0.1, 0.15) is 37.2 Å². The van der Waals surface area contributed by atoms with E-state index in [1.165, 1.54) is 18.4 Å². The lowest BCUT2D eigenvalue weighted by Gasteiger charge is -2.27. The largest absolute Gasteiger partial charge is 0.467 e. The molecule has 0 aliphatic rings. The molecule has 1 unspecified atom stereocenters. The van der Waals surface area contributed by atoms with Crippen molar-refractivity contribution in [3.05, 3.63) is 53.8 Å². The number of hydrogen-bond acceptors (Lipinski definition) is 6. The molecule has 28 heavy (non-hydrogen) atoms. The van der Waals surface area contributed by atoms with E-state index in [4.69, 9.17) is 4.74 Å². The van der Waals surface area contributed by atoms with Gasteiger partial charge in [-0.3, -0.25) is 4.79 Å². The Labute approximate surface area is 167 Å². The number of carbonyl (C=O) groups excluding carboxylic acids is 2. The predicted octanol–water partition coefficient (Wildman–Crippen LogP) is 3.46. The average Bonchev–Trinajstić information content (AvgIpc) is 3.37. The maximum atomic E-state index is 12.6. The molecule has 0 saturated heterocycles. The van der Waals surface area contributed by atoms with Crippen LogP contribution in [0.5, 0.6) is 0 Å². The van der Waals surface area contributed by atoms with Crippen LogP contribution in [0.2, 0.25) is 0 Å². The summed E-state index contributed by atoms with van der Waals surface area (Å²) in [5.41, 5.74) is 0.940. The first-order valence-corrected chi connectivity index (χ1v) is 9.81. The van der Waals surface area contributed by atoms with Gasteiger partial charge in [-0.1, -0.05) is 31.5 Å². The molecule has 1 amide bonds. The molecule has 2 aromatic heterocycles. The smallest absolute Gasteiger partial charge is 0.331 e. The Morgan fingerprint density at radius 3 is 2.71 bits per heavy atom. The van der Waals surface area contributed by atoms with Gasteiger partial charge in [-0.2, -0.15) is 5.10 Å². The standard InChI is InChI=1S/C20H22N4O3S/c1-4-10-20(2,19(26)27-3)23-17(25)16-13-28-18(22-16)14-11-21-24(12-14)15-8-6-5-7-9-15/h5-9,11-13H,4,10H2,1-3H3,(H,23,25). The second-order valence-electron chi connectivity index (χ2n) is 6.57. The van der Waals surface area contributed by atoms with E-state index >= 15 is 0 Å². The number of nitrogens with zero attached hydrogens (tertiary/aromatic N) is 3. The highest BCUT2D eigenvalue weighted by Gasteiger charge is 2.35. The second kappa shape index (κ2) is 8.35. The zero-order chi connectivity index (χ0) is 20.1. The quantitative estimate of drug-likeness (QED) is 0.616. The fourth-order valence-corrected chi connectivity index (χ4v) is 3.70. The summed E-state index contributed by atoms with van der Waals surface area (Å²) in [5, 5.41) is 9.48. The van der Waals surface area contributed by atoms with Gasteiger partial charge in [-0.15, -0.1) is 11.3 Å². The molecule has 0 radical (unpaired) electrons. The van der Waals surface area contributed by atoms with Crippen molar-refractivity contribution in [1.29, 1.82) is 0 Å². The third kappa shape index (κ3) is 4.12. The number of ether oxygens (including phenoxy) is 1. The maximum Gasteiger partial charge on any atom is 0.331 e. The summed E-state index contributed by atoms with van der Waals surface area (Å²) < 4.78 is 6.60. The summed E-state index contributed by atoms with van der Waals surface area (Å²) >= 11 is 1.35. The van der Waals surface area contributed by atoms with E-state index in [-0.39, 0.29) is 5.69 Å². The van der Waals surface area contributed by atoms with Crippen molar-refractivity contribution >= 4 is 23.2 Å². The molecule has 146 valence electrons. The monoisotopic (exact) mass is 398 g/mol. The zero-order valence-electron chi connectivity index (χ0n) is 16.0. The van der Waals surface area contributed by atoms with Gasteiger partial charge in [-0.05, 0) is 25.5 Å². The zero-order valence-corrected chi connectivity index (χ0v) is 16.8. The molecule has 0 spiro atoms. The number of nitrogens with one attached hydrogen (secondary N) is 1. The number of methoxy groups -OCH3 is 1. The first-order valence-electron chi connectivity index (χ1n) is 8.94. The minimum absolute atomic E-state index is 0.263. The molecule has 0 aliphatic carbocycles. The normalized spacial score (nSPS) is 13.0. The van der Waals surface area contributed by atoms with Crippen molar-refractivity contribution in [3.63, 3.8) is 0 Å². The van der Waals surface area contributed by atoms with Crippen LogP contribution in [-0.4, -0.2) is 39.3 Å². The second-order valence-corrected chi connectivity index (χ2v) is 7.43. The van der Waals surface area contributed by atoms with Gasteiger partial charge in [0.1, 0.15) is 16.2 Å². The Morgan fingerprint density at radius 2 is 2.04 bits per heavy atom. The molecule has 1 atom stereocenters. The molecule has 2 heterocycles. The fraction of sp³-hybridized carbons (Fsp3) is 0.300. The molecule has 3 rings (SSSR count). The summed E-state index contributed by atoms with van der Waals surface area (Å²) in [7, 11) is 1.31. The Morgan fingerprint density at radius 1 is 1.29 bits per heavy atom. The highest BCUT2D eigenvalue weighted by Crippen LogP contribution is 2.25. The van der Waals surface area contributed by atoms with E-state index in [1.807, 2.05) is 43.5 Å². The number of aromatic nitrogens is 3. The van der Waals surface area contributed by atoms with Crippen LogP contribution in [0, 0.1) is 0 Å². The van der Waals surface area contributed by atoms with Gasteiger partial charge in [0.25, 0.3) is 5.91 Å². The van der Waals surface area contributed by atoms with Gasteiger partial charge < -0.3 is 10.1 Å². The number of amides is 1. The lowest BCUT2D eigenvalue weighted by atomic mass is 9.96. The van der Waals surface area contributed by atoms with Crippen molar-refractivity contribution in [2.45, 2.75) is 32.2 Å². The fourth-order valence-electron chi connectivity index (χ4n) is 2.92. The van der Waals surface area contributed by atoms with Crippen LogP contribution in [0.3, 0.4) is 0 Å². The number of carbonyl (C=O) groups is 2. The number of esters is 1. The van der Waals surface area contributed by atoms with E-state index in [0.29, 0.717) is 11.4 Å². The number of thiazole rings is 1. The van der Waals surface area contributed by atoms with Gasteiger partial charge in [0.2, 0.25) is 0 Å². The van der Waals surface area contributed by atoms with Crippen LogP contribution in [0.4, 0.5) is 0 Å². The molecule has 7 nitrogen and oxygen atoms in total. The van der Waals surface area contributed by atoms with E-state index in [1.54, 1.807) is 23.2 Å². The topological polar surface area (TPSA) is 86.1 Å². The first-order chi connectivity index (χ1) is 13.5. The number of hydrogen-bond donors (Lipinski definition) is 1. The minimum atomic E-state index is -1.08. The Balaban J connectivity index is 1.77. The Kier molecular flexibility index (Phi) is 5.89. The van der Waals surface area contributed by atoms with Crippen LogP contribution in [0.15, 0.2) is 48.1 Å². The van der Waals surface area contributed by atoms with Crippen molar-refractivity contribution in [1.82, 2.24) is 20.1 Å². The lowest BCUT2D eigenvalue weighted by Crippen LogP contribution is -2.52. The Bertz CT molecular complexity index is 967. The SMILES string of the molecule is CCCC(C)(NC(=O)c1csc(-c2cnn(-c3ccccc3)c2)n1)C(=O)OC.